The lowest BCUT2D eigenvalue weighted by molar-refractivity contribution is -0.137. The fourth-order valence-electron chi connectivity index (χ4n) is 4.31. The molecule has 0 unspecified atom stereocenters. The van der Waals surface area contributed by atoms with Crippen LogP contribution in [-0.4, -0.2) is 67.8 Å². The van der Waals surface area contributed by atoms with Gasteiger partial charge in [0.1, 0.15) is 11.5 Å². The van der Waals surface area contributed by atoms with Crippen molar-refractivity contribution in [2.24, 2.45) is 0 Å². The number of unbranched alkanes of at least 4 members (excludes halogenated alkanes) is 2. The van der Waals surface area contributed by atoms with E-state index in [0.717, 1.165) is 36.1 Å². The number of rotatable bonds is 16. The molecule has 0 aliphatic carbocycles. The molecule has 9 nitrogen and oxygen atoms in total. The maximum absolute atomic E-state index is 12.5. The monoisotopic (exact) mass is 552 g/mol. The zero-order valence-corrected chi connectivity index (χ0v) is 23.2. The van der Waals surface area contributed by atoms with Crippen LogP contribution in [0.1, 0.15) is 56.1 Å². The van der Waals surface area contributed by atoms with E-state index in [0.29, 0.717) is 63.6 Å². The van der Waals surface area contributed by atoms with Gasteiger partial charge in [0.2, 0.25) is 11.8 Å². The number of aryl methyl sites for hydroxylation is 1. The molecule has 1 aliphatic heterocycles. The van der Waals surface area contributed by atoms with Gasteiger partial charge >= 0.3 is 5.97 Å². The molecule has 2 aromatic carbocycles. The van der Waals surface area contributed by atoms with Crippen molar-refractivity contribution in [2.75, 3.05) is 45.3 Å². The van der Waals surface area contributed by atoms with Crippen molar-refractivity contribution in [1.29, 1.82) is 0 Å². The van der Waals surface area contributed by atoms with Crippen molar-refractivity contribution in [3.05, 3.63) is 59.7 Å². The third-order valence-corrected chi connectivity index (χ3v) is 6.56. The van der Waals surface area contributed by atoms with Gasteiger partial charge in [0.25, 0.3) is 0 Å². The first kappa shape index (κ1) is 30.7. The highest BCUT2D eigenvalue weighted by molar-refractivity contribution is 5.91. The zero-order valence-electron chi connectivity index (χ0n) is 23.2. The second-order valence-corrected chi connectivity index (χ2v) is 9.63. The number of carbonyl (C=O) groups excluding carboxylic acids is 2. The summed E-state index contributed by atoms with van der Waals surface area (Å²) in [5.41, 5.74) is 2.44. The summed E-state index contributed by atoms with van der Waals surface area (Å²) in [6, 6.07) is 13.2. The Labute approximate surface area is 236 Å². The van der Waals surface area contributed by atoms with Gasteiger partial charge in [-0.05, 0) is 73.6 Å². The van der Waals surface area contributed by atoms with Crippen LogP contribution in [0.15, 0.2) is 48.5 Å². The molecule has 2 amide bonds. The molecule has 0 saturated carbocycles. The maximum atomic E-state index is 12.5. The number of nitrogens with zero attached hydrogens (tertiary/aromatic N) is 1. The number of morpholine rings is 1. The molecular weight excluding hydrogens is 512 g/mol. The zero-order chi connectivity index (χ0) is 28.6. The Balaban J connectivity index is 1.42. The van der Waals surface area contributed by atoms with Crippen molar-refractivity contribution < 1.29 is 33.7 Å². The summed E-state index contributed by atoms with van der Waals surface area (Å²) in [7, 11) is 1.65. The number of methoxy groups -OCH3 is 1. The smallest absolute Gasteiger partial charge is 0.303 e. The molecule has 40 heavy (non-hydrogen) atoms. The average molecular weight is 553 g/mol. The highest BCUT2D eigenvalue weighted by Crippen LogP contribution is 2.25. The van der Waals surface area contributed by atoms with Crippen LogP contribution in [0.5, 0.6) is 11.5 Å². The van der Waals surface area contributed by atoms with E-state index in [9.17, 15) is 14.4 Å². The average Bonchev–Trinajstić information content (AvgIpc) is 2.97. The van der Waals surface area contributed by atoms with Crippen LogP contribution in [-0.2, 0) is 25.5 Å². The summed E-state index contributed by atoms with van der Waals surface area (Å²) in [6.45, 7) is 2.82. The minimum absolute atomic E-state index is 0.0342. The van der Waals surface area contributed by atoms with Crippen molar-refractivity contribution in [1.82, 2.24) is 4.90 Å². The van der Waals surface area contributed by atoms with E-state index in [4.69, 9.17) is 19.3 Å². The number of aliphatic carboxylic acids is 1. The standard InChI is InChI=1S/C31H40N2O7/c1-38-27-14-10-24(11-15-27)7-4-2-3-5-20-40-28-16-13-26(23-25(28)12-17-31(36)37)32-29(34)8-6-9-30(35)33-18-21-39-22-19-33/h4,7,10-11,13-16,23H,2-3,5-6,8-9,12,17-22H2,1H3,(H,32,34)(H,36,37)/b7-4+. The van der Waals surface area contributed by atoms with E-state index in [2.05, 4.69) is 17.5 Å². The minimum Gasteiger partial charge on any atom is -0.497 e. The van der Waals surface area contributed by atoms with Crippen LogP contribution in [0.2, 0.25) is 0 Å². The Morgan fingerprint density at radius 3 is 2.50 bits per heavy atom. The van der Waals surface area contributed by atoms with Crippen LogP contribution >= 0.6 is 0 Å². The van der Waals surface area contributed by atoms with Crippen LogP contribution in [0.25, 0.3) is 6.08 Å². The molecule has 0 bridgehead atoms. The van der Waals surface area contributed by atoms with Crippen LogP contribution in [0, 0.1) is 0 Å². The molecule has 1 fully saturated rings. The largest absolute Gasteiger partial charge is 0.497 e. The number of hydrogen-bond donors (Lipinski definition) is 2. The summed E-state index contributed by atoms with van der Waals surface area (Å²) in [4.78, 5) is 37.7. The third-order valence-electron chi connectivity index (χ3n) is 6.56. The van der Waals surface area contributed by atoms with Crippen LogP contribution in [0.3, 0.4) is 0 Å². The normalized spacial score (nSPS) is 13.3. The van der Waals surface area contributed by atoms with Crippen molar-refractivity contribution in [3.63, 3.8) is 0 Å². The van der Waals surface area contributed by atoms with Crippen molar-refractivity contribution in [3.8, 4) is 11.5 Å². The number of carboxylic acid groups (broad SMARTS) is 1. The predicted octanol–water partition coefficient (Wildman–Crippen LogP) is 4.94. The minimum atomic E-state index is -0.894. The summed E-state index contributed by atoms with van der Waals surface area (Å²) >= 11 is 0. The number of anilines is 1. The summed E-state index contributed by atoms with van der Waals surface area (Å²) in [5, 5.41) is 12.0. The van der Waals surface area contributed by atoms with Gasteiger partial charge < -0.3 is 29.5 Å². The highest BCUT2D eigenvalue weighted by Gasteiger charge is 2.17. The Bertz CT molecular complexity index is 1130. The maximum Gasteiger partial charge on any atom is 0.303 e. The Hall–Kier alpha value is -3.85. The van der Waals surface area contributed by atoms with Crippen LogP contribution in [0.4, 0.5) is 5.69 Å². The lowest BCUT2D eigenvalue weighted by Gasteiger charge is -2.26. The quantitative estimate of drug-likeness (QED) is 0.284. The molecule has 216 valence electrons. The van der Waals surface area contributed by atoms with Crippen molar-refractivity contribution in [2.45, 2.75) is 51.4 Å². The van der Waals surface area contributed by atoms with E-state index < -0.39 is 5.97 Å². The number of nitrogens with one attached hydrogen (secondary N) is 1. The fourth-order valence-corrected chi connectivity index (χ4v) is 4.31. The van der Waals surface area contributed by atoms with Crippen LogP contribution < -0.4 is 14.8 Å². The number of benzene rings is 2. The van der Waals surface area contributed by atoms with Crippen molar-refractivity contribution >= 4 is 29.5 Å². The number of amides is 2. The Kier molecular flexibility index (Phi) is 13.0. The molecule has 1 saturated heterocycles. The molecule has 0 atom stereocenters. The number of carboxylic acids is 1. The van der Waals surface area contributed by atoms with Gasteiger partial charge in [-0.3, -0.25) is 14.4 Å². The van der Waals surface area contributed by atoms with Gasteiger partial charge in [0, 0.05) is 38.0 Å². The number of ether oxygens (including phenoxy) is 3. The second-order valence-electron chi connectivity index (χ2n) is 9.63. The van der Waals surface area contributed by atoms with E-state index in [1.165, 1.54) is 0 Å². The van der Waals surface area contributed by atoms with E-state index in [-0.39, 0.29) is 24.7 Å². The second kappa shape index (κ2) is 17.0. The van der Waals surface area contributed by atoms with E-state index in [1.54, 1.807) is 30.2 Å². The van der Waals surface area contributed by atoms with E-state index in [1.807, 2.05) is 24.3 Å². The Morgan fingerprint density at radius 2 is 1.77 bits per heavy atom. The van der Waals surface area contributed by atoms with Gasteiger partial charge in [-0.15, -0.1) is 0 Å². The van der Waals surface area contributed by atoms with Gasteiger partial charge in [-0.1, -0.05) is 24.3 Å². The molecule has 0 radical (unpaired) electrons. The lowest BCUT2D eigenvalue weighted by Crippen LogP contribution is -2.40. The first-order valence-electron chi connectivity index (χ1n) is 13.9. The first-order valence-corrected chi connectivity index (χ1v) is 13.9. The summed E-state index contributed by atoms with van der Waals surface area (Å²) < 4.78 is 16.4. The summed E-state index contributed by atoms with van der Waals surface area (Å²) in [5.74, 6) is 0.426. The van der Waals surface area contributed by atoms with Gasteiger partial charge in [0.15, 0.2) is 0 Å². The molecule has 0 spiro atoms. The highest BCUT2D eigenvalue weighted by atomic mass is 16.5. The lowest BCUT2D eigenvalue weighted by atomic mass is 10.1. The molecule has 0 aromatic heterocycles. The molecule has 2 N–H and O–H groups in total. The van der Waals surface area contributed by atoms with Gasteiger partial charge in [0.05, 0.1) is 26.9 Å². The first-order chi connectivity index (χ1) is 19.4. The topological polar surface area (TPSA) is 114 Å². The van der Waals surface area contributed by atoms with Gasteiger partial charge in [-0.2, -0.15) is 0 Å². The fraction of sp³-hybridized carbons (Fsp3) is 0.452. The Morgan fingerprint density at radius 1 is 1.00 bits per heavy atom. The SMILES string of the molecule is COc1ccc(/C=C/CCCCOc2ccc(NC(=O)CCCC(=O)N3CCOCC3)cc2CCC(=O)O)cc1. The van der Waals surface area contributed by atoms with Gasteiger partial charge in [-0.25, -0.2) is 0 Å². The molecule has 1 heterocycles. The summed E-state index contributed by atoms with van der Waals surface area (Å²) in [6.07, 6.45) is 8.23. The predicted molar refractivity (Wildman–Crippen MR) is 154 cm³/mol. The molecule has 1 aliphatic rings. The number of carbonyl (C=O) groups is 3. The molecule has 2 aromatic rings. The number of allylic oxidation sites excluding steroid dienone is 1. The molecule has 9 heteroatoms. The van der Waals surface area contributed by atoms with E-state index >= 15 is 0 Å². The molecular formula is C31H40N2O7. The third kappa shape index (κ3) is 11.1. The number of hydrogen-bond acceptors (Lipinski definition) is 6. The molecule has 3 rings (SSSR count).